The predicted octanol–water partition coefficient (Wildman–Crippen LogP) is 6.20. The zero-order valence-corrected chi connectivity index (χ0v) is 24.3. The first-order chi connectivity index (χ1) is 21.2. The highest BCUT2D eigenvalue weighted by atomic mass is 32.1. The molecule has 1 aliphatic rings. The number of anilines is 2. The molecule has 230 valence electrons. The molecular formula is C31H29F4N5O3S. The number of nitrogens with zero attached hydrogens (tertiary/aromatic N) is 4. The Labute approximate surface area is 255 Å². The number of thiazole rings is 1. The van der Waals surface area contributed by atoms with Crippen molar-refractivity contribution in [3.63, 3.8) is 0 Å². The number of halogens is 4. The molecule has 0 radical (unpaired) electrons. The van der Waals surface area contributed by atoms with Gasteiger partial charge in [0, 0.05) is 32.6 Å². The molecule has 0 aliphatic carbocycles. The second-order valence-corrected chi connectivity index (χ2v) is 11.1. The van der Waals surface area contributed by atoms with Crippen LogP contribution in [0.2, 0.25) is 0 Å². The summed E-state index contributed by atoms with van der Waals surface area (Å²) in [6.45, 7) is 1.87. The molecule has 1 saturated heterocycles. The summed E-state index contributed by atoms with van der Waals surface area (Å²) in [4.78, 5) is 36.7. The lowest BCUT2D eigenvalue weighted by molar-refractivity contribution is -0.141. The summed E-state index contributed by atoms with van der Waals surface area (Å²) in [6, 6.07) is 18.4. The summed E-state index contributed by atoms with van der Waals surface area (Å²) >= 11 is 0.620. The molecule has 13 heteroatoms. The van der Waals surface area contributed by atoms with E-state index in [4.69, 9.17) is 4.74 Å². The number of alkyl halides is 3. The van der Waals surface area contributed by atoms with E-state index in [2.05, 4.69) is 15.3 Å². The smallest absolute Gasteiger partial charge is 0.435 e. The number of rotatable bonds is 10. The SMILES string of the molecule is O=C(Nc1ccc(N2CCN(C(=O)CCCc3ccccc3F)CC2)nc1)c1sc(COc2ccccc2)nc1C(F)(F)F. The lowest BCUT2D eigenvalue weighted by Gasteiger charge is -2.35. The van der Waals surface area contributed by atoms with Crippen molar-refractivity contribution in [2.24, 2.45) is 0 Å². The van der Waals surface area contributed by atoms with Gasteiger partial charge in [-0.1, -0.05) is 36.4 Å². The highest BCUT2D eigenvalue weighted by Crippen LogP contribution is 2.35. The molecule has 4 aromatic rings. The molecule has 2 aromatic carbocycles. The van der Waals surface area contributed by atoms with Gasteiger partial charge in [-0.15, -0.1) is 11.3 Å². The molecule has 1 N–H and O–H groups in total. The number of aromatic nitrogens is 2. The van der Waals surface area contributed by atoms with Crippen LogP contribution in [0.4, 0.5) is 29.1 Å². The number of pyridine rings is 1. The van der Waals surface area contributed by atoms with E-state index in [1.165, 1.54) is 12.3 Å². The molecule has 1 fully saturated rings. The fraction of sp³-hybridized carbons (Fsp3) is 0.290. The monoisotopic (exact) mass is 627 g/mol. The van der Waals surface area contributed by atoms with Crippen LogP contribution in [0.3, 0.4) is 0 Å². The van der Waals surface area contributed by atoms with Gasteiger partial charge in [0.05, 0.1) is 11.9 Å². The van der Waals surface area contributed by atoms with Crippen LogP contribution in [0.5, 0.6) is 5.75 Å². The topological polar surface area (TPSA) is 87.7 Å². The minimum atomic E-state index is -4.82. The second-order valence-electron chi connectivity index (χ2n) is 10.1. The molecule has 2 aromatic heterocycles. The first kappa shape index (κ1) is 30.9. The van der Waals surface area contributed by atoms with Crippen molar-refractivity contribution in [3.05, 3.63) is 99.9 Å². The zero-order chi connectivity index (χ0) is 31.1. The van der Waals surface area contributed by atoms with E-state index < -0.39 is 22.7 Å². The standard InChI is InChI=1S/C31H29F4N5O3S/c32-24-11-5-4-7-21(24)8-6-12-27(41)40-17-15-39(16-18-40)25-14-13-22(19-36-25)37-30(42)28-29(31(33,34)35)38-26(44-28)20-43-23-9-2-1-3-10-23/h1-5,7,9-11,13-14,19H,6,8,12,15-18,20H2,(H,37,42). The first-order valence-electron chi connectivity index (χ1n) is 14.0. The summed E-state index contributed by atoms with van der Waals surface area (Å²) in [5, 5.41) is 2.49. The molecular weight excluding hydrogens is 598 g/mol. The highest BCUT2D eigenvalue weighted by molar-refractivity contribution is 7.13. The van der Waals surface area contributed by atoms with Crippen molar-refractivity contribution in [2.75, 3.05) is 36.4 Å². The summed E-state index contributed by atoms with van der Waals surface area (Å²) in [6.07, 6.45) is -2.06. The molecule has 0 bridgehead atoms. The Balaban J connectivity index is 1.13. The van der Waals surface area contributed by atoms with Gasteiger partial charge in [0.1, 0.15) is 33.9 Å². The molecule has 1 aliphatic heterocycles. The number of ether oxygens (including phenoxy) is 1. The van der Waals surface area contributed by atoms with Crippen LogP contribution in [0, 0.1) is 5.82 Å². The maximum absolute atomic E-state index is 13.8. The second kappa shape index (κ2) is 13.8. The number of nitrogens with one attached hydrogen (secondary N) is 1. The Hall–Kier alpha value is -4.52. The number of piperazine rings is 1. The van der Waals surface area contributed by atoms with Gasteiger partial charge in [0.2, 0.25) is 5.91 Å². The predicted molar refractivity (Wildman–Crippen MR) is 158 cm³/mol. The highest BCUT2D eigenvalue weighted by Gasteiger charge is 2.39. The van der Waals surface area contributed by atoms with Gasteiger partial charge in [-0.05, 0) is 48.7 Å². The van der Waals surface area contributed by atoms with Gasteiger partial charge in [-0.3, -0.25) is 9.59 Å². The van der Waals surface area contributed by atoms with Gasteiger partial charge < -0.3 is 19.9 Å². The van der Waals surface area contributed by atoms with Gasteiger partial charge in [0.15, 0.2) is 5.69 Å². The molecule has 44 heavy (non-hydrogen) atoms. The van der Waals surface area contributed by atoms with E-state index in [1.54, 1.807) is 65.6 Å². The van der Waals surface area contributed by atoms with Crippen LogP contribution in [-0.4, -0.2) is 52.9 Å². The number of hydrogen-bond acceptors (Lipinski definition) is 7. The lowest BCUT2D eigenvalue weighted by Crippen LogP contribution is -2.49. The van der Waals surface area contributed by atoms with Crippen LogP contribution in [-0.2, 0) is 24.0 Å². The van der Waals surface area contributed by atoms with Crippen LogP contribution < -0.4 is 15.0 Å². The Kier molecular flexibility index (Phi) is 9.73. The molecule has 8 nitrogen and oxygen atoms in total. The lowest BCUT2D eigenvalue weighted by atomic mass is 10.1. The first-order valence-corrected chi connectivity index (χ1v) is 14.8. The van der Waals surface area contributed by atoms with Gasteiger partial charge in [0.25, 0.3) is 5.91 Å². The number of aryl methyl sites for hydroxylation is 1. The maximum Gasteiger partial charge on any atom is 0.435 e. The maximum atomic E-state index is 13.8. The van der Waals surface area contributed by atoms with Gasteiger partial charge in [-0.25, -0.2) is 14.4 Å². The van der Waals surface area contributed by atoms with E-state index in [9.17, 15) is 27.2 Å². The molecule has 0 unspecified atom stereocenters. The van der Waals surface area contributed by atoms with Gasteiger partial charge in [-0.2, -0.15) is 13.2 Å². The molecule has 2 amide bonds. The number of hydrogen-bond donors (Lipinski definition) is 1. The van der Waals surface area contributed by atoms with E-state index >= 15 is 0 Å². The number of carbonyl (C=O) groups is 2. The van der Waals surface area contributed by atoms with Crippen molar-refractivity contribution < 1.29 is 31.9 Å². The molecule has 0 saturated carbocycles. The average molecular weight is 628 g/mol. The molecule has 5 rings (SSSR count). The van der Waals surface area contributed by atoms with Crippen LogP contribution in [0.15, 0.2) is 72.9 Å². The Morgan fingerprint density at radius 1 is 0.955 bits per heavy atom. The largest absolute Gasteiger partial charge is 0.486 e. The third-order valence-electron chi connectivity index (χ3n) is 7.01. The summed E-state index contributed by atoms with van der Waals surface area (Å²) < 4.78 is 60.3. The van der Waals surface area contributed by atoms with Crippen LogP contribution in [0.1, 0.15) is 38.8 Å². The van der Waals surface area contributed by atoms with E-state index in [-0.39, 0.29) is 29.0 Å². The summed E-state index contributed by atoms with van der Waals surface area (Å²) in [5.41, 5.74) is -0.441. The van der Waals surface area contributed by atoms with E-state index in [1.807, 2.05) is 4.90 Å². The average Bonchev–Trinajstić information content (AvgIpc) is 3.48. The summed E-state index contributed by atoms with van der Waals surface area (Å²) in [5.74, 6) is -0.109. The molecule has 0 spiro atoms. The van der Waals surface area contributed by atoms with Crippen LogP contribution >= 0.6 is 11.3 Å². The Morgan fingerprint density at radius 2 is 1.68 bits per heavy atom. The van der Waals surface area contributed by atoms with E-state index in [0.717, 1.165) is 0 Å². The number of para-hydroxylation sites is 1. The van der Waals surface area contributed by atoms with Crippen molar-refractivity contribution >= 4 is 34.7 Å². The van der Waals surface area contributed by atoms with Crippen molar-refractivity contribution in [2.45, 2.75) is 32.0 Å². The third kappa shape index (κ3) is 7.90. The molecule has 3 heterocycles. The van der Waals surface area contributed by atoms with E-state index in [0.29, 0.717) is 73.9 Å². The van der Waals surface area contributed by atoms with Crippen molar-refractivity contribution in [1.29, 1.82) is 0 Å². The summed E-state index contributed by atoms with van der Waals surface area (Å²) in [7, 11) is 0. The minimum absolute atomic E-state index is 0.0162. The normalized spacial score (nSPS) is 13.5. The fourth-order valence-electron chi connectivity index (χ4n) is 4.74. The Bertz CT molecular complexity index is 1570. The quantitative estimate of drug-likeness (QED) is 0.211. The van der Waals surface area contributed by atoms with Crippen molar-refractivity contribution in [1.82, 2.24) is 14.9 Å². The number of carbonyl (C=O) groups excluding carboxylic acids is 2. The zero-order valence-electron chi connectivity index (χ0n) is 23.5. The number of benzene rings is 2. The van der Waals surface area contributed by atoms with Crippen LogP contribution in [0.25, 0.3) is 0 Å². The van der Waals surface area contributed by atoms with Gasteiger partial charge >= 0.3 is 6.18 Å². The minimum Gasteiger partial charge on any atom is -0.486 e. The fourth-order valence-corrected chi connectivity index (χ4v) is 5.64. The Morgan fingerprint density at radius 3 is 2.36 bits per heavy atom. The number of amides is 2. The third-order valence-corrected chi connectivity index (χ3v) is 8.04. The molecule has 0 atom stereocenters. The van der Waals surface area contributed by atoms with Crippen molar-refractivity contribution in [3.8, 4) is 5.75 Å².